The molecule has 0 bridgehead atoms. The van der Waals surface area contributed by atoms with Crippen LogP contribution in [-0.4, -0.2) is 59.6 Å². The summed E-state index contributed by atoms with van der Waals surface area (Å²) >= 11 is 1.50. The highest BCUT2D eigenvalue weighted by atomic mass is 32.1. The SMILES string of the molecule is C=CCN(CCO)Cc1csc(CC(=O)N(C)C)n1. The second-order valence-electron chi connectivity index (χ2n) is 4.44. The molecule has 1 heterocycles. The van der Waals surface area contributed by atoms with E-state index < -0.39 is 0 Å². The molecule has 0 unspecified atom stereocenters. The van der Waals surface area contributed by atoms with Crippen LogP contribution < -0.4 is 0 Å². The fourth-order valence-corrected chi connectivity index (χ4v) is 2.35. The Bertz CT molecular complexity index is 418. The van der Waals surface area contributed by atoms with Crippen LogP contribution in [0.1, 0.15) is 10.7 Å². The average Bonchev–Trinajstić information content (AvgIpc) is 2.77. The molecule has 0 aliphatic rings. The number of carbonyl (C=O) groups is 1. The van der Waals surface area contributed by atoms with Gasteiger partial charge >= 0.3 is 0 Å². The highest BCUT2D eigenvalue weighted by Crippen LogP contribution is 2.13. The van der Waals surface area contributed by atoms with E-state index in [0.29, 0.717) is 26.1 Å². The van der Waals surface area contributed by atoms with Gasteiger partial charge in [0.15, 0.2) is 0 Å². The zero-order valence-corrected chi connectivity index (χ0v) is 12.3. The normalized spacial score (nSPS) is 10.7. The Kier molecular flexibility index (Phi) is 6.69. The first-order valence-corrected chi connectivity index (χ1v) is 7.02. The number of aromatic nitrogens is 1. The van der Waals surface area contributed by atoms with E-state index in [1.807, 2.05) is 5.38 Å². The first-order valence-electron chi connectivity index (χ1n) is 6.14. The van der Waals surface area contributed by atoms with Crippen LogP contribution in [0.5, 0.6) is 0 Å². The molecule has 0 atom stereocenters. The number of nitrogens with zero attached hydrogens (tertiary/aromatic N) is 3. The standard InChI is InChI=1S/C13H21N3O2S/c1-4-5-16(6-7-17)9-11-10-19-12(14-11)8-13(18)15(2)3/h4,10,17H,1,5-9H2,2-3H3. The van der Waals surface area contributed by atoms with Crippen molar-refractivity contribution in [3.63, 3.8) is 0 Å². The van der Waals surface area contributed by atoms with Gasteiger partial charge in [-0.15, -0.1) is 17.9 Å². The van der Waals surface area contributed by atoms with Crippen LogP contribution in [0.2, 0.25) is 0 Å². The van der Waals surface area contributed by atoms with Crippen molar-refractivity contribution in [1.82, 2.24) is 14.8 Å². The second-order valence-corrected chi connectivity index (χ2v) is 5.39. The lowest BCUT2D eigenvalue weighted by molar-refractivity contribution is -0.127. The van der Waals surface area contributed by atoms with Crippen molar-refractivity contribution in [2.75, 3.05) is 33.8 Å². The summed E-state index contributed by atoms with van der Waals surface area (Å²) in [5.41, 5.74) is 0.932. The van der Waals surface area contributed by atoms with E-state index in [-0.39, 0.29) is 12.5 Å². The summed E-state index contributed by atoms with van der Waals surface area (Å²) in [4.78, 5) is 19.7. The van der Waals surface area contributed by atoms with Crippen LogP contribution in [0.4, 0.5) is 0 Å². The van der Waals surface area contributed by atoms with Gasteiger partial charge in [0.05, 0.1) is 18.7 Å². The van der Waals surface area contributed by atoms with Gasteiger partial charge in [0, 0.05) is 39.1 Å². The number of amides is 1. The molecule has 0 saturated carbocycles. The quantitative estimate of drug-likeness (QED) is 0.716. The Morgan fingerprint density at radius 1 is 1.58 bits per heavy atom. The zero-order chi connectivity index (χ0) is 14.3. The molecular weight excluding hydrogens is 262 g/mol. The Hall–Kier alpha value is -1.24. The van der Waals surface area contributed by atoms with Gasteiger partial charge in [-0.3, -0.25) is 9.69 Å². The molecule has 6 heteroatoms. The third-order valence-corrected chi connectivity index (χ3v) is 3.49. The first-order chi connectivity index (χ1) is 9.06. The molecular formula is C13H21N3O2S. The molecule has 0 radical (unpaired) electrons. The van der Waals surface area contributed by atoms with E-state index in [2.05, 4.69) is 16.5 Å². The van der Waals surface area contributed by atoms with E-state index in [0.717, 1.165) is 10.7 Å². The maximum Gasteiger partial charge on any atom is 0.228 e. The first kappa shape index (κ1) is 15.8. The highest BCUT2D eigenvalue weighted by molar-refractivity contribution is 7.09. The molecule has 1 rings (SSSR count). The number of aliphatic hydroxyl groups excluding tert-OH is 1. The molecule has 0 aliphatic heterocycles. The van der Waals surface area contributed by atoms with Crippen molar-refractivity contribution in [1.29, 1.82) is 0 Å². The van der Waals surface area contributed by atoms with Gasteiger partial charge in [0.2, 0.25) is 5.91 Å². The van der Waals surface area contributed by atoms with Crippen molar-refractivity contribution in [3.8, 4) is 0 Å². The molecule has 1 aromatic heterocycles. The summed E-state index contributed by atoms with van der Waals surface area (Å²) in [6, 6.07) is 0. The van der Waals surface area contributed by atoms with Crippen molar-refractivity contribution in [3.05, 3.63) is 28.7 Å². The van der Waals surface area contributed by atoms with Crippen LogP contribution in [0, 0.1) is 0 Å². The number of carbonyl (C=O) groups excluding carboxylic acids is 1. The lowest BCUT2D eigenvalue weighted by Gasteiger charge is -2.17. The van der Waals surface area contributed by atoms with Gasteiger partial charge in [-0.05, 0) is 0 Å². The molecule has 0 fully saturated rings. The van der Waals surface area contributed by atoms with Gasteiger partial charge in [0.1, 0.15) is 5.01 Å². The predicted molar refractivity (Wildman–Crippen MR) is 77.1 cm³/mol. The summed E-state index contributed by atoms with van der Waals surface area (Å²) < 4.78 is 0. The van der Waals surface area contributed by atoms with E-state index in [9.17, 15) is 4.79 Å². The smallest absolute Gasteiger partial charge is 0.228 e. The maximum atomic E-state index is 11.6. The Labute approximate surface area is 118 Å². The van der Waals surface area contributed by atoms with Crippen LogP contribution in [0.15, 0.2) is 18.0 Å². The van der Waals surface area contributed by atoms with Crippen LogP contribution in [0.25, 0.3) is 0 Å². The Balaban J connectivity index is 2.58. The minimum absolute atomic E-state index is 0.0548. The molecule has 106 valence electrons. The van der Waals surface area contributed by atoms with Gasteiger partial charge in [0.25, 0.3) is 0 Å². The van der Waals surface area contributed by atoms with E-state index >= 15 is 0 Å². The molecule has 0 spiro atoms. The summed E-state index contributed by atoms with van der Waals surface area (Å²) in [6.45, 7) is 5.78. The van der Waals surface area contributed by atoms with Crippen molar-refractivity contribution >= 4 is 17.2 Å². The fraction of sp³-hybridized carbons (Fsp3) is 0.538. The summed E-state index contributed by atoms with van der Waals surface area (Å²) in [5, 5.41) is 11.8. The lowest BCUT2D eigenvalue weighted by atomic mass is 10.3. The van der Waals surface area contributed by atoms with Crippen LogP contribution in [-0.2, 0) is 17.8 Å². The topological polar surface area (TPSA) is 56.7 Å². The number of hydrogen-bond acceptors (Lipinski definition) is 5. The van der Waals surface area contributed by atoms with E-state index in [1.54, 1.807) is 25.1 Å². The maximum absolute atomic E-state index is 11.6. The summed E-state index contributed by atoms with van der Waals surface area (Å²) in [5.74, 6) is 0.0548. The van der Waals surface area contributed by atoms with Gasteiger partial charge in [-0.2, -0.15) is 0 Å². The molecule has 1 aromatic rings. The second kappa shape index (κ2) is 8.04. The van der Waals surface area contributed by atoms with Gasteiger partial charge in [-0.25, -0.2) is 4.98 Å². The van der Waals surface area contributed by atoms with Gasteiger partial charge in [-0.1, -0.05) is 6.08 Å². The Morgan fingerprint density at radius 2 is 2.32 bits per heavy atom. The molecule has 0 aliphatic carbocycles. The van der Waals surface area contributed by atoms with Crippen molar-refractivity contribution < 1.29 is 9.90 Å². The zero-order valence-electron chi connectivity index (χ0n) is 11.5. The third kappa shape index (κ3) is 5.50. The largest absolute Gasteiger partial charge is 0.395 e. The fourth-order valence-electron chi connectivity index (χ4n) is 1.58. The summed E-state index contributed by atoms with van der Waals surface area (Å²) in [6.07, 6.45) is 2.15. The molecule has 1 N–H and O–H groups in total. The lowest BCUT2D eigenvalue weighted by Crippen LogP contribution is -2.26. The molecule has 0 aromatic carbocycles. The number of rotatable bonds is 8. The minimum atomic E-state index is 0.0548. The predicted octanol–water partition coefficient (Wildman–Crippen LogP) is 0.754. The number of aliphatic hydroxyl groups is 1. The van der Waals surface area contributed by atoms with Crippen molar-refractivity contribution in [2.24, 2.45) is 0 Å². The molecule has 19 heavy (non-hydrogen) atoms. The summed E-state index contributed by atoms with van der Waals surface area (Å²) in [7, 11) is 3.48. The minimum Gasteiger partial charge on any atom is -0.395 e. The third-order valence-electron chi connectivity index (χ3n) is 2.59. The van der Waals surface area contributed by atoms with Gasteiger partial charge < -0.3 is 10.0 Å². The Morgan fingerprint density at radius 3 is 2.89 bits per heavy atom. The van der Waals surface area contributed by atoms with Crippen molar-refractivity contribution in [2.45, 2.75) is 13.0 Å². The molecule has 1 amide bonds. The highest BCUT2D eigenvalue weighted by Gasteiger charge is 2.11. The van der Waals surface area contributed by atoms with Crippen LogP contribution in [0.3, 0.4) is 0 Å². The number of hydrogen-bond donors (Lipinski definition) is 1. The van der Waals surface area contributed by atoms with E-state index in [4.69, 9.17) is 5.11 Å². The monoisotopic (exact) mass is 283 g/mol. The average molecular weight is 283 g/mol. The number of thiazole rings is 1. The van der Waals surface area contributed by atoms with E-state index in [1.165, 1.54) is 11.3 Å². The molecule has 5 nitrogen and oxygen atoms in total. The van der Waals surface area contributed by atoms with Crippen LogP contribution >= 0.6 is 11.3 Å². The number of likely N-dealkylation sites (N-methyl/N-ethyl adjacent to an activating group) is 1. The molecule has 0 saturated heterocycles.